The second-order valence-electron chi connectivity index (χ2n) is 6.94. The molecule has 8 nitrogen and oxygen atoms in total. The first-order valence-electron chi connectivity index (χ1n) is 9.87. The number of amidine groups is 1. The number of hydrogen-bond donors (Lipinski definition) is 3. The van der Waals surface area contributed by atoms with Crippen molar-refractivity contribution < 1.29 is 47.3 Å². The Morgan fingerprint density at radius 1 is 1.24 bits per heavy atom. The van der Waals surface area contributed by atoms with Gasteiger partial charge in [0.2, 0.25) is 18.7 Å². The topological polar surface area (TPSA) is 117 Å². The van der Waals surface area contributed by atoms with Crippen LogP contribution >= 0.6 is 32.1 Å². The Labute approximate surface area is 219 Å². The minimum absolute atomic E-state index is 0.0329. The van der Waals surface area contributed by atoms with Gasteiger partial charge in [0.15, 0.2) is 0 Å². The highest BCUT2D eigenvalue weighted by Gasteiger charge is 2.29. The van der Waals surface area contributed by atoms with E-state index in [9.17, 15) is 17.6 Å². The van der Waals surface area contributed by atoms with Gasteiger partial charge in [0.25, 0.3) is 10.0 Å². The Morgan fingerprint density at radius 2 is 2.03 bits per heavy atom. The number of sulfonamides is 1. The van der Waals surface area contributed by atoms with Crippen molar-refractivity contribution in [1.82, 2.24) is 10.0 Å². The lowest BCUT2D eigenvalue weighted by Gasteiger charge is -2.14. The molecule has 0 fully saturated rings. The first-order valence-corrected chi connectivity index (χ1v) is 17.0. The fourth-order valence-electron chi connectivity index (χ4n) is 2.88. The zero-order chi connectivity index (χ0) is 24.7. The number of aryl methyl sites for hydroxylation is 1. The van der Waals surface area contributed by atoms with Crippen LogP contribution in [-0.2, 0) is 21.2 Å². The van der Waals surface area contributed by atoms with Gasteiger partial charge in [-0.25, -0.2) is 17.8 Å². The number of rotatable bonds is 11. The molecule has 0 amide bonds. The lowest BCUT2D eigenvalue weighted by molar-refractivity contribution is -0.471. The van der Waals surface area contributed by atoms with E-state index in [1.807, 2.05) is 0 Å². The van der Waals surface area contributed by atoms with E-state index in [-0.39, 0.29) is 42.2 Å². The SMILES string of the molecule is O=C(O)CCNCCCc1cc(Cl)ccc1Oc1cc(F)c(S(=O)(=O)NC2=NC[I+]S2)cc1Cl. The predicted molar refractivity (Wildman–Crippen MR) is 127 cm³/mol. The van der Waals surface area contributed by atoms with Gasteiger partial charge in [-0.05, 0) is 49.2 Å². The Balaban J connectivity index is 1.72. The van der Waals surface area contributed by atoms with Crippen LogP contribution in [0.15, 0.2) is 40.2 Å². The first kappa shape index (κ1) is 27.3. The van der Waals surface area contributed by atoms with Gasteiger partial charge < -0.3 is 15.2 Å². The number of carboxylic acid groups (broad SMARTS) is 1. The normalized spacial score (nSPS) is 13.6. The smallest absolute Gasteiger partial charge is 0.388 e. The van der Waals surface area contributed by atoms with Gasteiger partial charge >= 0.3 is 25.8 Å². The molecule has 0 atom stereocenters. The summed E-state index contributed by atoms with van der Waals surface area (Å²) < 4.78 is 48.6. The number of nitrogens with zero attached hydrogens (tertiary/aromatic N) is 1. The van der Waals surface area contributed by atoms with Crippen molar-refractivity contribution in [2.75, 3.05) is 17.6 Å². The van der Waals surface area contributed by atoms with Crippen LogP contribution in [0.5, 0.6) is 11.5 Å². The number of carboxylic acids is 1. The molecule has 184 valence electrons. The van der Waals surface area contributed by atoms with Gasteiger partial charge in [-0.1, -0.05) is 23.2 Å². The summed E-state index contributed by atoms with van der Waals surface area (Å²) in [5.41, 5.74) is 0.738. The van der Waals surface area contributed by atoms with E-state index in [1.165, 1.54) is 8.93 Å². The van der Waals surface area contributed by atoms with Gasteiger partial charge in [0.1, 0.15) is 22.2 Å². The lowest BCUT2D eigenvalue weighted by Crippen LogP contribution is -3.57. The number of alkyl halides is 1. The standard InChI is InChI=1S/C20H19Cl2FIN3O5S2/c21-13-3-4-16(12(8-13)2-1-6-25-7-5-19(28)29)32-17-10-15(23)18(9-14(17)22)34(30,31)27-20-26-11-24-33-20/h3-4,8-10,25H,1-2,5-7,11H2,(H-,26,27,28,29)/p+1. The maximum absolute atomic E-state index is 14.8. The molecular formula is C20H20Cl2FIN3O5S2+. The molecule has 0 bridgehead atoms. The quantitative estimate of drug-likeness (QED) is 0.144. The second-order valence-corrected chi connectivity index (χ2v) is 14.1. The van der Waals surface area contributed by atoms with E-state index < -0.39 is 26.7 Å². The molecule has 0 spiro atoms. The van der Waals surface area contributed by atoms with Crippen LogP contribution in [0.3, 0.4) is 0 Å². The third-order valence-electron chi connectivity index (χ3n) is 4.44. The van der Waals surface area contributed by atoms with E-state index in [0.717, 1.165) is 17.7 Å². The van der Waals surface area contributed by atoms with E-state index in [4.69, 9.17) is 33.0 Å². The number of carbonyl (C=O) groups is 1. The molecule has 2 aromatic carbocycles. The van der Waals surface area contributed by atoms with E-state index in [1.54, 1.807) is 18.2 Å². The second kappa shape index (κ2) is 12.6. The molecule has 1 heterocycles. The summed E-state index contributed by atoms with van der Waals surface area (Å²) in [7, 11) is -2.84. The Hall–Kier alpha value is -1.32. The summed E-state index contributed by atoms with van der Waals surface area (Å²) in [4.78, 5) is 14.0. The maximum Gasteiger partial charge on any atom is 0.388 e. The third kappa shape index (κ3) is 7.85. The molecule has 3 rings (SSSR count). The van der Waals surface area contributed by atoms with E-state index >= 15 is 0 Å². The minimum atomic E-state index is -4.19. The number of aliphatic carboxylic acids is 1. The van der Waals surface area contributed by atoms with Crippen LogP contribution in [0.1, 0.15) is 18.4 Å². The highest BCUT2D eigenvalue weighted by Crippen LogP contribution is 2.35. The summed E-state index contributed by atoms with van der Waals surface area (Å²) in [6.45, 7) is 0.945. The predicted octanol–water partition coefficient (Wildman–Crippen LogP) is 1.26. The molecule has 34 heavy (non-hydrogen) atoms. The summed E-state index contributed by atoms with van der Waals surface area (Å²) >= 11 is 12.1. The third-order valence-corrected chi connectivity index (χ3v) is 10.4. The van der Waals surface area contributed by atoms with Gasteiger partial charge in [-0.2, -0.15) is 0 Å². The monoisotopic (exact) mass is 662 g/mol. The molecule has 0 aliphatic carbocycles. The van der Waals surface area contributed by atoms with Crippen molar-refractivity contribution >= 4 is 53.3 Å². The summed E-state index contributed by atoms with van der Waals surface area (Å²) in [5, 5.41) is 12.4. The van der Waals surface area contributed by atoms with Gasteiger partial charge in [0, 0.05) is 17.6 Å². The van der Waals surface area contributed by atoms with Gasteiger partial charge in [-0.3, -0.25) is 9.52 Å². The average molecular weight is 663 g/mol. The van der Waals surface area contributed by atoms with E-state index in [0.29, 0.717) is 41.3 Å². The van der Waals surface area contributed by atoms with Crippen molar-refractivity contribution in [3.8, 4) is 11.5 Å². The van der Waals surface area contributed by atoms with E-state index in [2.05, 4.69) is 15.0 Å². The number of halogens is 4. The van der Waals surface area contributed by atoms with Crippen molar-refractivity contribution in [3.05, 3.63) is 51.8 Å². The molecule has 0 saturated heterocycles. The average Bonchev–Trinajstić information content (AvgIpc) is 3.26. The molecule has 0 radical (unpaired) electrons. The summed E-state index contributed by atoms with van der Waals surface area (Å²) in [5.74, 6) is -1.53. The molecule has 0 saturated carbocycles. The van der Waals surface area contributed by atoms with Crippen LogP contribution in [-0.4, -0.2) is 42.3 Å². The fraction of sp³-hybridized carbons (Fsp3) is 0.300. The molecule has 3 N–H and O–H groups in total. The number of hydrogen-bond acceptors (Lipinski definition) is 7. The van der Waals surface area contributed by atoms with Crippen molar-refractivity contribution in [2.45, 2.75) is 24.2 Å². The Bertz CT molecular complexity index is 1200. The maximum atomic E-state index is 14.8. The van der Waals surface area contributed by atoms with Crippen LogP contribution in [0.25, 0.3) is 0 Å². The van der Waals surface area contributed by atoms with Crippen molar-refractivity contribution in [1.29, 1.82) is 0 Å². The molecular weight excluding hydrogens is 643 g/mol. The summed E-state index contributed by atoms with van der Waals surface area (Å²) in [6, 6.07) is 6.88. The highest BCUT2D eigenvalue weighted by atomic mass is 127. The lowest BCUT2D eigenvalue weighted by atomic mass is 10.1. The zero-order valence-corrected chi connectivity index (χ0v) is 22.8. The molecule has 2 aromatic rings. The van der Waals surface area contributed by atoms with Crippen LogP contribution in [0, 0.1) is 5.82 Å². The molecule has 1 aliphatic heterocycles. The summed E-state index contributed by atoms with van der Waals surface area (Å²) in [6.07, 6.45) is 1.26. The van der Waals surface area contributed by atoms with Gasteiger partial charge in [0.05, 0.1) is 11.4 Å². The Morgan fingerprint density at radius 3 is 2.74 bits per heavy atom. The highest BCUT2D eigenvalue weighted by molar-refractivity contribution is 8.09. The Kier molecular flexibility index (Phi) is 10.1. The number of ether oxygens (including phenoxy) is 1. The first-order chi connectivity index (χ1) is 16.2. The van der Waals surface area contributed by atoms with Crippen LogP contribution < -0.4 is 34.6 Å². The molecule has 14 heteroatoms. The number of aliphatic imine (C=N–C) groups is 1. The molecule has 1 aliphatic rings. The zero-order valence-electron chi connectivity index (χ0n) is 17.5. The number of benzene rings is 2. The fourth-order valence-corrected chi connectivity index (χ4v) is 8.62. The van der Waals surface area contributed by atoms with Crippen LogP contribution in [0.4, 0.5) is 4.39 Å². The van der Waals surface area contributed by atoms with Crippen LogP contribution in [0.2, 0.25) is 10.0 Å². The molecule has 0 unspecified atom stereocenters. The number of nitrogens with one attached hydrogen (secondary N) is 2. The molecule has 0 aromatic heterocycles. The van der Waals surface area contributed by atoms with Crippen molar-refractivity contribution in [3.63, 3.8) is 0 Å². The minimum Gasteiger partial charge on any atom is -0.481 e. The largest absolute Gasteiger partial charge is 0.481 e. The van der Waals surface area contributed by atoms with Crippen molar-refractivity contribution in [2.24, 2.45) is 4.99 Å². The van der Waals surface area contributed by atoms with Gasteiger partial charge in [-0.15, -0.1) is 0 Å².